The maximum absolute atomic E-state index is 4.64. The Morgan fingerprint density at radius 3 is 2.89 bits per heavy atom. The van der Waals surface area contributed by atoms with E-state index < -0.39 is 0 Å². The molecular weight excluding hydrogens is 234 g/mol. The molecule has 108 valence electrons. The third-order valence-electron chi connectivity index (χ3n) is 4.29. The Morgan fingerprint density at radius 2 is 2.16 bits per heavy atom. The van der Waals surface area contributed by atoms with Crippen LogP contribution in [0.25, 0.3) is 0 Å². The lowest BCUT2D eigenvalue weighted by molar-refractivity contribution is 0.278. The van der Waals surface area contributed by atoms with E-state index in [-0.39, 0.29) is 0 Å². The van der Waals surface area contributed by atoms with E-state index in [0.717, 1.165) is 31.5 Å². The zero-order valence-electron chi connectivity index (χ0n) is 12.7. The highest BCUT2D eigenvalue weighted by Gasteiger charge is 2.29. The predicted molar refractivity (Wildman–Crippen MR) is 80.3 cm³/mol. The highest BCUT2D eigenvalue weighted by molar-refractivity contribution is 5.04. The summed E-state index contributed by atoms with van der Waals surface area (Å²) in [6.07, 6.45) is 9.51. The normalized spacial score (nSPS) is 24.0. The predicted octanol–water partition coefficient (Wildman–Crippen LogP) is 3.42. The number of rotatable bonds is 6. The molecule has 3 nitrogen and oxygen atoms in total. The van der Waals surface area contributed by atoms with Crippen molar-refractivity contribution in [2.45, 2.75) is 58.9 Å². The van der Waals surface area contributed by atoms with E-state index in [9.17, 15) is 0 Å². The van der Waals surface area contributed by atoms with Crippen LogP contribution in [0.4, 0.5) is 0 Å². The Labute approximate surface area is 117 Å². The molecule has 1 aromatic heterocycles. The van der Waals surface area contributed by atoms with Gasteiger partial charge in [-0.15, -0.1) is 0 Å². The monoisotopic (exact) mass is 263 g/mol. The fourth-order valence-electron chi connectivity index (χ4n) is 3.27. The molecule has 1 aliphatic rings. The molecule has 1 aromatic rings. The first-order valence-electron chi connectivity index (χ1n) is 7.94. The van der Waals surface area contributed by atoms with Gasteiger partial charge in [0.1, 0.15) is 5.82 Å². The van der Waals surface area contributed by atoms with E-state index >= 15 is 0 Å². The Bertz CT molecular complexity index is 370. The van der Waals surface area contributed by atoms with Gasteiger partial charge >= 0.3 is 0 Å². The van der Waals surface area contributed by atoms with Gasteiger partial charge < -0.3 is 9.88 Å². The Hall–Kier alpha value is -0.830. The van der Waals surface area contributed by atoms with Gasteiger partial charge in [-0.3, -0.25) is 0 Å². The summed E-state index contributed by atoms with van der Waals surface area (Å²) in [4.78, 5) is 4.64. The van der Waals surface area contributed by atoms with Gasteiger partial charge in [0.2, 0.25) is 0 Å². The molecule has 0 amide bonds. The quantitative estimate of drug-likeness (QED) is 0.852. The molecule has 1 fully saturated rings. The van der Waals surface area contributed by atoms with Crippen molar-refractivity contribution < 1.29 is 0 Å². The van der Waals surface area contributed by atoms with Crippen LogP contribution in [0.2, 0.25) is 0 Å². The van der Waals surface area contributed by atoms with E-state index in [2.05, 4.69) is 41.8 Å². The van der Waals surface area contributed by atoms with Crippen LogP contribution in [0.3, 0.4) is 0 Å². The van der Waals surface area contributed by atoms with Crippen LogP contribution in [0.1, 0.15) is 58.2 Å². The van der Waals surface area contributed by atoms with Crippen molar-refractivity contribution in [3.05, 3.63) is 18.2 Å². The van der Waals surface area contributed by atoms with E-state index in [1.54, 1.807) is 0 Å². The zero-order valence-corrected chi connectivity index (χ0v) is 12.7. The van der Waals surface area contributed by atoms with Gasteiger partial charge in [-0.05, 0) is 44.7 Å². The molecule has 2 unspecified atom stereocenters. The second kappa shape index (κ2) is 7.09. The summed E-state index contributed by atoms with van der Waals surface area (Å²) in [7, 11) is 0. The average molecular weight is 263 g/mol. The van der Waals surface area contributed by atoms with Gasteiger partial charge in [0.25, 0.3) is 0 Å². The molecule has 0 radical (unpaired) electrons. The molecule has 0 saturated heterocycles. The molecule has 1 aliphatic carbocycles. The number of aromatic nitrogens is 2. The summed E-state index contributed by atoms with van der Waals surface area (Å²) in [5.41, 5.74) is 0. The third-order valence-corrected chi connectivity index (χ3v) is 4.29. The second-order valence-corrected chi connectivity index (χ2v) is 6.27. The molecule has 2 atom stereocenters. The number of nitrogens with one attached hydrogen (secondary N) is 1. The molecule has 1 saturated carbocycles. The van der Waals surface area contributed by atoms with Crippen LogP contribution in [-0.2, 0) is 6.54 Å². The SMILES string of the molecule is CCn1ccnc1C1CCCCC1CNCC(C)C. The smallest absolute Gasteiger partial charge is 0.112 e. The fourth-order valence-corrected chi connectivity index (χ4v) is 3.27. The van der Waals surface area contributed by atoms with Crippen LogP contribution in [0.15, 0.2) is 12.4 Å². The minimum Gasteiger partial charge on any atom is -0.335 e. The molecule has 1 N–H and O–H groups in total. The van der Waals surface area contributed by atoms with Gasteiger partial charge in [0, 0.05) is 24.9 Å². The third kappa shape index (κ3) is 3.82. The Balaban J connectivity index is 1.99. The molecule has 3 heteroatoms. The van der Waals surface area contributed by atoms with Crippen molar-refractivity contribution in [1.29, 1.82) is 0 Å². The lowest BCUT2D eigenvalue weighted by Gasteiger charge is -2.32. The van der Waals surface area contributed by atoms with Gasteiger partial charge in [-0.1, -0.05) is 26.7 Å². The Kier molecular flexibility index (Phi) is 5.44. The van der Waals surface area contributed by atoms with Crippen molar-refractivity contribution >= 4 is 0 Å². The first-order chi connectivity index (χ1) is 9.22. The van der Waals surface area contributed by atoms with Crippen LogP contribution < -0.4 is 5.32 Å². The summed E-state index contributed by atoms with van der Waals surface area (Å²) < 4.78 is 2.32. The Morgan fingerprint density at radius 1 is 1.37 bits per heavy atom. The van der Waals surface area contributed by atoms with Crippen molar-refractivity contribution in [1.82, 2.24) is 14.9 Å². The zero-order chi connectivity index (χ0) is 13.7. The van der Waals surface area contributed by atoms with Crippen molar-refractivity contribution in [3.63, 3.8) is 0 Å². The first-order valence-corrected chi connectivity index (χ1v) is 7.94. The molecular formula is C16H29N3. The lowest BCUT2D eigenvalue weighted by Crippen LogP contribution is -2.32. The fraction of sp³-hybridized carbons (Fsp3) is 0.812. The molecule has 0 aliphatic heterocycles. The van der Waals surface area contributed by atoms with Gasteiger partial charge in [0.15, 0.2) is 0 Å². The summed E-state index contributed by atoms with van der Waals surface area (Å²) in [6.45, 7) is 10.1. The van der Waals surface area contributed by atoms with Gasteiger partial charge in [-0.25, -0.2) is 4.98 Å². The number of hydrogen-bond donors (Lipinski definition) is 1. The summed E-state index contributed by atoms with van der Waals surface area (Å²) in [6, 6.07) is 0. The maximum atomic E-state index is 4.64. The molecule has 2 rings (SSSR count). The summed E-state index contributed by atoms with van der Waals surface area (Å²) in [5, 5.41) is 3.65. The number of hydrogen-bond acceptors (Lipinski definition) is 2. The first kappa shape index (κ1) is 14.6. The minimum atomic E-state index is 0.656. The summed E-state index contributed by atoms with van der Waals surface area (Å²) >= 11 is 0. The largest absolute Gasteiger partial charge is 0.335 e. The van der Waals surface area contributed by atoms with E-state index in [1.807, 2.05) is 6.20 Å². The number of aryl methyl sites for hydroxylation is 1. The lowest BCUT2D eigenvalue weighted by atomic mass is 9.78. The van der Waals surface area contributed by atoms with E-state index in [0.29, 0.717) is 5.92 Å². The van der Waals surface area contributed by atoms with Crippen LogP contribution in [0, 0.1) is 11.8 Å². The van der Waals surface area contributed by atoms with Crippen LogP contribution in [-0.4, -0.2) is 22.6 Å². The average Bonchev–Trinajstić information content (AvgIpc) is 2.87. The van der Waals surface area contributed by atoms with E-state index in [4.69, 9.17) is 0 Å². The highest BCUT2D eigenvalue weighted by Crippen LogP contribution is 2.36. The standard InChI is InChI=1S/C16H29N3/c1-4-19-10-9-18-16(19)15-8-6-5-7-14(15)12-17-11-13(2)3/h9-10,13-15,17H,4-8,11-12H2,1-3H3. The van der Waals surface area contributed by atoms with Crippen LogP contribution in [0.5, 0.6) is 0 Å². The van der Waals surface area contributed by atoms with Gasteiger partial charge in [-0.2, -0.15) is 0 Å². The van der Waals surface area contributed by atoms with Crippen molar-refractivity contribution in [2.24, 2.45) is 11.8 Å². The van der Waals surface area contributed by atoms with Crippen LogP contribution >= 0.6 is 0 Å². The van der Waals surface area contributed by atoms with Crippen molar-refractivity contribution in [2.75, 3.05) is 13.1 Å². The van der Waals surface area contributed by atoms with E-state index in [1.165, 1.54) is 31.5 Å². The molecule has 0 aromatic carbocycles. The topological polar surface area (TPSA) is 29.9 Å². The molecule has 0 spiro atoms. The highest BCUT2D eigenvalue weighted by atomic mass is 15.1. The number of nitrogens with zero attached hydrogens (tertiary/aromatic N) is 2. The molecule has 1 heterocycles. The van der Waals surface area contributed by atoms with Crippen molar-refractivity contribution in [3.8, 4) is 0 Å². The minimum absolute atomic E-state index is 0.656. The second-order valence-electron chi connectivity index (χ2n) is 6.27. The molecule has 19 heavy (non-hydrogen) atoms. The van der Waals surface area contributed by atoms with Gasteiger partial charge in [0.05, 0.1) is 0 Å². The number of imidazole rings is 1. The maximum Gasteiger partial charge on any atom is 0.112 e. The molecule has 0 bridgehead atoms. The summed E-state index contributed by atoms with van der Waals surface area (Å²) in [5.74, 6) is 3.47.